The van der Waals surface area contributed by atoms with E-state index in [-0.39, 0.29) is 37.1 Å². The van der Waals surface area contributed by atoms with Crippen LogP contribution >= 0.6 is 7.82 Å². The van der Waals surface area contributed by atoms with E-state index in [1.165, 1.54) is 56.9 Å². The van der Waals surface area contributed by atoms with Gasteiger partial charge in [0.15, 0.2) is 0 Å². The fraction of sp³-hybridized carbons (Fsp3) is 0.914. The van der Waals surface area contributed by atoms with Gasteiger partial charge in [0.05, 0.1) is 34.2 Å². The van der Waals surface area contributed by atoms with E-state index in [4.69, 9.17) is 13.8 Å². The molecule has 0 aromatic heterocycles. The summed E-state index contributed by atoms with van der Waals surface area (Å²) in [6.07, 6.45) is 15.9. The first-order valence-electron chi connectivity index (χ1n) is 17.4. The second kappa shape index (κ2) is 14.0. The van der Waals surface area contributed by atoms with Gasteiger partial charge in [0.25, 0.3) is 0 Å². The van der Waals surface area contributed by atoms with Gasteiger partial charge in [0.2, 0.25) is 0 Å². The van der Waals surface area contributed by atoms with E-state index in [2.05, 4.69) is 40.7 Å². The quantitative estimate of drug-likeness (QED) is 0.0909. The van der Waals surface area contributed by atoms with E-state index in [1.807, 2.05) is 21.1 Å². The number of quaternary nitrogens is 1. The Morgan fingerprint density at radius 2 is 1.74 bits per heavy atom. The molecule has 3 fully saturated rings. The minimum atomic E-state index is -4.18. The van der Waals surface area contributed by atoms with Gasteiger partial charge in [-0.05, 0) is 91.3 Å². The molecule has 1 N–H and O–H groups in total. The smallest absolute Gasteiger partial charge is 0.462 e. The maximum atomic E-state index is 12.6. The third-order valence-electron chi connectivity index (χ3n) is 12.1. The van der Waals surface area contributed by atoms with Gasteiger partial charge in [-0.1, -0.05) is 65.5 Å². The third-order valence-corrected chi connectivity index (χ3v) is 13.2. The maximum absolute atomic E-state index is 12.6. The number of hydrogen-bond acceptors (Lipinski definition) is 5. The number of esters is 1. The molecule has 248 valence electrons. The van der Waals surface area contributed by atoms with Gasteiger partial charge in [0, 0.05) is 6.42 Å². The first-order valence-corrected chi connectivity index (χ1v) is 18.8. The number of phosphoric acid groups is 1. The Morgan fingerprint density at radius 3 is 2.44 bits per heavy atom. The zero-order valence-corrected chi connectivity index (χ0v) is 29.5. The Morgan fingerprint density at radius 1 is 1.02 bits per heavy atom. The van der Waals surface area contributed by atoms with Crippen LogP contribution in [0.3, 0.4) is 0 Å². The normalized spacial score (nSPS) is 36.2. The van der Waals surface area contributed by atoms with Gasteiger partial charge in [-0.2, -0.15) is 0 Å². The van der Waals surface area contributed by atoms with Gasteiger partial charge < -0.3 is 14.1 Å². The van der Waals surface area contributed by atoms with E-state index in [1.54, 1.807) is 0 Å². The SMILES string of the molecule is CC(C)CCC[C@@H](C)[C@H]1CCC2C3CC=C4C[C@@H](OC(=O)CCOP(=O)(O)OCC[N+](C)(C)C)CC[C@]4(C)C3CC[C@@]21C. The fourth-order valence-corrected chi connectivity index (χ4v) is 10.4. The molecule has 4 aliphatic rings. The standard InChI is InChI=1S/C35H62NO6P/c1-25(2)10-9-11-26(3)30-14-15-31-29-13-12-27-24-28(16-19-34(27,4)32(29)17-20-35(30,31)5)42-33(37)18-22-40-43(38,39)41-23-21-36(6,7)8/h12,25-26,28-32H,9-11,13-24H2,1-8H3/p+1/t26-,28+,29?,30-,31?,32?,34+,35-/m1/s1. The molecule has 4 unspecified atom stereocenters. The minimum absolute atomic E-state index is 0.0575. The molecule has 0 aromatic carbocycles. The van der Waals surface area contributed by atoms with Gasteiger partial charge in [-0.25, -0.2) is 4.57 Å². The highest BCUT2D eigenvalue weighted by Gasteiger charge is 2.59. The first kappa shape index (κ1) is 35.1. The zero-order valence-electron chi connectivity index (χ0n) is 28.6. The predicted molar refractivity (Wildman–Crippen MR) is 172 cm³/mol. The number of phosphoric ester groups is 1. The van der Waals surface area contributed by atoms with Crippen LogP contribution in [0.25, 0.3) is 0 Å². The molecule has 0 aliphatic heterocycles. The molecular formula is C35H63NO6P+. The molecule has 0 amide bonds. The van der Waals surface area contributed by atoms with E-state index >= 15 is 0 Å². The van der Waals surface area contributed by atoms with Crippen LogP contribution in [-0.2, 0) is 23.1 Å². The molecule has 0 aromatic rings. The fourth-order valence-electron chi connectivity index (χ4n) is 9.71. The van der Waals surface area contributed by atoms with Crippen molar-refractivity contribution in [1.29, 1.82) is 0 Å². The van der Waals surface area contributed by atoms with Crippen molar-refractivity contribution in [3.8, 4) is 0 Å². The first-order chi connectivity index (χ1) is 20.0. The minimum Gasteiger partial charge on any atom is -0.462 e. The summed E-state index contributed by atoms with van der Waals surface area (Å²) < 4.78 is 28.7. The van der Waals surface area contributed by atoms with Crippen molar-refractivity contribution in [1.82, 2.24) is 0 Å². The van der Waals surface area contributed by atoms with Crippen LogP contribution in [0.15, 0.2) is 11.6 Å². The Labute approximate surface area is 262 Å². The Balaban J connectivity index is 1.27. The van der Waals surface area contributed by atoms with Crippen molar-refractivity contribution in [3.05, 3.63) is 11.6 Å². The Hall–Kier alpha value is -0.720. The van der Waals surface area contributed by atoms with Crippen LogP contribution < -0.4 is 0 Å². The Kier molecular flexibility index (Phi) is 11.4. The van der Waals surface area contributed by atoms with Crippen molar-refractivity contribution in [2.24, 2.45) is 46.3 Å². The molecule has 3 saturated carbocycles. The lowest BCUT2D eigenvalue weighted by molar-refractivity contribution is -0.870. The molecule has 8 heteroatoms. The largest absolute Gasteiger partial charge is 0.472 e. The van der Waals surface area contributed by atoms with Gasteiger partial charge >= 0.3 is 13.8 Å². The van der Waals surface area contributed by atoms with E-state index in [0.717, 1.165) is 54.8 Å². The monoisotopic (exact) mass is 624 g/mol. The van der Waals surface area contributed by atoms with Crippen LogP contribution in [0.2, 0.25) is 0 Å². The molecule has 0 spiro atoms. The molecule has 0 saturated heterocycles. The highest BCUT2D eigenvalue weighted by Crippen LogP contribution is 2.67. The number of hydrogen-bond donors (Lipinski definition) is 1. The zero-order chi connectivity index (χ0) is 31.6. The molecule has 4 rings (SSSR count). The van der Waals surface area contributed by atoms with Crippen molar-refractivity contribution in [3.63, 3.8) is 0 Å². The summed E-state index contributed by atoms with van der Waals surface area (Å²) in [5.41, 5.74) is 2.20. The highest BCUT2D eigenvalue weighted by molar-refractivity contribution is 7.47. The van der Waals surface area contributed by atoms with Crippen molar-refractivity contribution < 1.29 is 32.5 Å². The van der Waals surface area contributed by atoms with Gasteiger partial charge in [-0.3, -0.25) is 13.8 Å². The second-order valence-corrected chi connectivity index (χ2v) is 18.0. The predicted octanol–water partition coefficient (Wildman–Crippen LogP) is 8.17. The van der Waals surface area contributed by atoms with Crippen molar-refractivity contribution in [2.45, 2.75) is 118 Å². The summed E-state index contributed by atoms with van der Waals surface area (Å²) in [5.74, 6) is 4.50. The molecule has 43 heavy (non-hydrogen) atoms. The average Bonchev–Trinajstić information content (AvgIpc) is 3.25. The number of rotatable bonds is 14. The maximum Gasteiger partial charge on any atom is 0.472 e. The van der Waals surface area contributed by atoms with E-state index in [9.17, 15) is 14.3 Å². The highest BCUT2D eigenvalue weighted by atomic mass is 31.2. The van der Waals surface area contributed by atoms with Gasteiger partial charge in [-0.15, -0.1) is 0 Å². The number of carbonyl (C=O) groups excluding carboxylic acids is 1. The van der Waals surface area contributed by atoms with E-state index < -0.39 is 7.82 Å². The number of carbonyl (C=O) groups is 1. The van der Waals surface area contributed by atoms with Crippen LogP contribution in [0.5, 0.6) is 0 Å². The second-order valence-electron chi connectivity index (χ2n) is 16.5. The lowest BCUT2D eigenvalue weighted by atomic mass is 9.47. The van der Waals surface area contributed by atoms with Crippen LogP contribution in [0, 0.1) is 46.3 Å². The van der Waals surface area contributed by atoms with Crippen LogP contribution in [0.4, 0.5) is 0 Å². The van der Waals surface area contributed by atoms with Crippen molar-refractivity contribution >= 4 is 13.8 Å². The molecular weight excluding hydrogens is 561 g/mol. The lowest BCUT2D eigenvalue weighted by Crippen LogP contribution is -2.51. The number of ether oxygens (including phenoxy) is 1. The molecule has 0 radical (unpaired) electrons. The summed E-state index contributed by atoms with van der Waals surface area (Å²) in [4.78, 5) is 22.5. The number of allylic oxidation sites excluding steroid dienone is 1. The van der Waals surface area contributed by atoms with E-state index in [0.29, 0.717) is 16.4 Å². The summed E-state index contributed by atoms with van der Waals surface area (Å²) in [6.45, 7) is 12.9. The molecule has 7 nitrogen and oxygen atoms in total. The van der Waals surface area contributed by atoms with Crippen molar-refractivity contribution in [2.75, 3.05) is 40.9 Å². The van der Waals surface area contributed by atoms with Crippen LogP contribution in [-0.4, -0.2) is 62.4 Å². The summed E-state index contributed by atoms with van der Waals surface area (Å²) >= 11 is 0. The lowest BCUT2D eigenvalue weighted by Gasteiger charge is -2.58. The molecule has 9 atom stereocenters. The third kappa shape index (κ3) is 8.56. The number of nitrogens with zero attached hydrogens (tertiary/aromatic N) is 1. The number of likely N-dealkylation sites (N-methyl/N-ethyl adjacent to an activating group) is 1. The topological polar surface area (TPSA) is 82.1 Å². The molecule has 0 heterocycles. The van der Waals surface area contributed by atoms with Gasteiger partial charge in [0.1, 0.15) is 19.3 Å². The number of fused-ring (bicyclic) bond motifs is 5. The summed E-state index contributed by atoms with van der Waals surface area (Å²) in [5, 5.41) is 0. The average molecular weight is 625 g/mol. The summed E-state index contributed by atoms with van der Waals surface area (Å²) in [7, 11) is 1.75. The molecule has 4 aliphatic carbocycles. The van der Waals surface area contributed by atoms with Crippen LogP contribution in [0.1, 0.15) is 112 Å². The molecule has 0 bridgehead atoms. The summed E-state index contributed by atoms with van der Waals surface area (Å²) in [6, 6.07) is 0. The Bertz CT molecular complexity index is 1040.